The third kappa shape index (κ3) is 3.25. The van der Waals surface area contributed by atoms with E-state index < -0.39 is 15.1 Å². The zero-order chi connectivity index (χ0) is 19.9. The van der Waals surface area contributed by atoms with Crippen LogP contribution in [0.25, 0.3) is 11.0 Å². The van der Waals surface area contributed by atoms with Crippen LogP contribution in [0, 0.1) is 0 Å². The number of furan rings is 1. The normalized spacial score (nSPS) is 17.2. The highest BCUT2D eigenvalue weighted by molar-refractivity contribution is 7.92. The zero-order valence-corrected chi connectivity index (χ0v) is 16.7. The van der Waals surface area contributed by atoms with E-state index >= 15 is 0 Å². The molecule has 28 heavy (non-hydrogen) atoms. The van der Waals surface area contributed by atoms with Crippen molar-refractivity contribution >= 4 is 38.3 Å². The molecule has 3 aromatic rings. The topological polar surface area (TPSA) is 76.8 Å². The van der Waals surface area contributed by atoms with E-state index in [4.69, 9.17) is 20.8 Å². The average Bonchev–Trinajstić information content (AvgIpc) is 3.35. The number of benzene rings is 2. The van der Waals surface area contributed by atoms with Gasteiger partial charge in [-0.15, -0.1) is 0 Å². The van der Waals surface area contributed by atoms with Gasteiger partial charge in [0.15, 0.2) is 26.9 Å². The Kier molecular flexibility index (Phi) is 4.81. The van der Waals surface area contributed by atoms with Gasteiger partial charge in [0, 0.05) is 23.5 Å². The Hall–Kier alpha value is -2.51. The summed E-state index contributed by atoms with van der Waals surface area (Å²) in [7, 11) is -2.01. The number of likely N-dealkylation sites (tertiary alicyclic amines) is 1. The number of hydrogen-bond donors (Lipinski definition) is 0. The van der Waals surface area contributed by atoms with Crippen LogP contribution < -0.4 is 4.74 Å². The molecule has 0 saturated carbocycles. The maximum Gasteiger partial charge on any atom is 0.289 e. The third-order valence-corrected chi connectivity index (χ3v) is 7.40. The van der Waals surface area contributed by atoms with Gasteiger partial charge in [0.25, 0.3) is 5.91 Å². The van der Waals surface area contributed by atoms with Crippen LogP contribution in [-0.2, 0) is 9.84 Å². The van der Waals surface area contributed by atoms with Gasteiger partial charge in [-0.25, -0.2) is 8.42 Å². The monoisotopic (exact) mass is 419 g/mol. The number of para-hydroxylation sites is 1. The maximum atomic E-state index is 12.9. The molecule has 0 bridgehead atoms. The second-order valence-corrected chi connectivity index (χ2v) is 9.31. The van der Waals surface area contributed by atoms with Gasteiger partial charge in [-0.05, 0) is 42.8 Å². The first-order valence-electron chi connectivity index (χ1n) is 8.75. The molecule has 4 rings (SSSR count). The largest absolute Gasteiger partial charge is 0.493 e. The lowest BCUT2D eigenvalue weighted by Crippen LogP contribution is -2.31. The van der Waals surface area contributed by atoms with Gasteiger partial charge in [0.2, 0.25) is 0 Å². The Bertz CT molecular complexity index is 1140. The van der Waals surface area contributed by atoms with E-state index in [-0.39, 0.29) is 23.1 Å². The lowest BCUT2D eigenvalue weighted by Gasteiger charge is -2.15. The fraction of sp³-hybridized carbons (Fsp3) is 0.250. The van der Waals surface area contributed by atoms with E-state index in [1.807, 2.05) is 12.1 Å². The first-order valence-corrected chi connectivity index (χ1v) is 10.7. The van der Waals surface area contributed by atoms with E-state index in [0.29, 0.717) is 29.3 Å². The van der Waals surface area contributed by atoms with E-state index in [1.54, 1.807) is 24.3 Å². The molecule has 1 unspecified atom stereocenters. The molecular weight excluding hydrogens is 402 g/mol. The lowest BCUT2D eigenvalue weighted by atomic mass is 10.2. The highest BCUT2D eigenvalue weighted by Gasteiger charge is 2.37. The first kappa shape index (κ1) is 18.8. The number of methoxy groups -OCH3 is 1. The average molecular weight is 420 g/mol. The Morgan fingerprint density at radius 1 is 1.21 bits per heavy atom. The number of amides is 1. The van der Waals surface area contributed by atoms with Crippen LogP contribution in [-0.4, -0.2) is 44.7 Å². The maximum absolute atomic E-state index is 12.9. The summed E-state index contributed by atoms with van der Waals surface area (Å²) >= 11 is 5.84. The summed E-state index contributed by atoms with van der Waals surface area (Å²) in [6.07, 6.45) is 0.375. The summed E-state index contributed by atoms with van der Waals surface area (Å²) in [5.74, 6) is 0.386. The van der Waals surface area contributed by atoms with Crippen LogP contribution in [0.3, 0.4) is 0 Å². The molecule has 1 aliphatic rings. The predicted octanol–water partition coefficient (Wildman–Crippen LogP) is 3.78. The molecule has 146 valence electrons. The fourth-order valence-corrected chi connectivity index (χ4v) is 5.26. The molecule has 2 heterocycles. The fourth-order valence-electron chi connectivity index (χ4n) is 3.44. The van der Waals surface area contributed by atoms with Crippen LogP contribution in [0.5, 0.6) is 5.75 Å². The van der Waals surface area contributed by atoms with E-state index in [0.717, 1.165) is 5.39 Å². The highest BCUT2D eigenvalue weighted by Crippen LogP contribution is 2.31. The molecule has 6 nitrogen and oxygen atoms in total. The van der Waals surface area contributed by atoms with Crippen molar-refractivity contribution in [3.63, 3.8) is 0 Å². The smallest absolute Gasteiger partial charge is 0.289 e. The number of sulfone groups is 1. The number of fused-ring (bicyclic) bond motifs is 1. The predicted molar refractivity (Wildman–Crippen MR) is 106 cm³/mol. The Morgan fingerprint density at radius 3 is 2.68 bits per heavy atom. The van der Waals surface area contributed by atoms with Crippen LogP contribution in [0.15, 0.2) is 57.8 Å². The Balaban J connectivity index is 1.55. The molecule has 1 saturated heterocycles. The van der Waals surface area contributed by atoms with Crippen LogP contribution >= 0.6 is 11.6 Å². The molecule has 2 aromatic carbocycles. The molecule has 1 atom stereocenters. The molecule has 0 aliphatic carbocycles. The van der Waals surface area contributed by atoms with Gasteiger partial charge in [0.05, 0.1) is 17.3 Å². The van der Waals surface area contributed by atoms with Crippen LogP contribution in [0.1, 0.15) is 17.0 Å². The van der Waals surface area contributed by atoms with E-state index in [9.17, 15) is 13.2 Å². The molecule has 8 heteroatoms. The van der Waals surface area contributed by atoms with E-state index in [2.05, 4.69) is 0 Å². The van der Waals surface area contributed by atoms with Crippen molar-refractivity contribution in [1.82, 2.24) is 4.90 Å². The van der Waals surface area contributed by atoms with Gasteiger partial charge in [-0.3, -0.25) is 4.79 Å². The molecule has 1 aliphatic heterocycles. The van der Waals surface area contributed by atoms with Gasteiger partial charge in [-0.1, -0.05) is 23.7 Å². The first-order chi connectivity index (χ1) is 13.4. The van der Waals surface area contributed by atoms with Crippen molar-refractivity contribution in [1.29, 1.82) is 0 Å². The molecule has 1 aromatic heterocycles. The summed E-state index contributed by atoms with van der Waals surface area (Å²) in [4.78, 5) is 14.6. The van der Waals surface area contributed by atoms with Crippen LogP contribution in [0.2, 0.25) is 5.02 Å². The Morgan fingerprint density at radius 2 is 1.96 bits per heavy atom. The summed E-state index contributed by atoms with van der Waals surface area (Å²) < 4.78 is 36.7. The molecule has 0 N–H and O–H groups in total. The Labute approximate surface area is 167 Å². The summed E-state index contributed by atoms with van der Waals surface area (Å²) in [6, 6.07) is 13.1. The number of rotatable bonds is 4. The number of carbonyl (C=O) groups excluding carboxylic acids is 1. The minimum absolute atomic E-state index is 0.123. The van der Waals surface area contributed by atoms with Crippen molar-refractivity contribution in [2.24, 2.45) is 0 Å². The number of ether oxygens (including phenoxy) is 1. The number of halogens is 1. The van der Waals surface area contributed by atoms with E-state index in [1.165, 1.54) is 24.1 Å². The van der Waals surface area contributed by atoms with Crippen molar-refractivity contribution in [2.45, 2.75) is 16.6 Å². The highest BCUT2D eigenvalue weighted by atomic mass is 35.5. The summed E-state index contributed by atoms with van der Waals surface area (Å²) in [5, 5.41) is 0.575. The standard InChI is InChI=1S/C20H18ClNO5S/c1-26-17-4-2-3-13-11-18(27-19(13)17)20(23)22-10-9-16(12-22)28(24,25)15-7-5-14(21)6-8-15/h2-8,11,16H,9-10,12H2,1H3. The van der Waals surface area contributed by atoms with Crippen molar-refractivity contribution in [3.05, 3.63) is 59.3 Å². The second kappa shape index (κ2) is 7.14. The van der Waals surface area contributed by atoms with Gasteiger partial charge < -0.3 is 14.1 Å². The number of carbonyl (C=O) groups is 1. The van der Waals surface area contributed by atoms with Crippen LogP contribution in [0.4, 0.5) is 0 Å². The molecule has 1 amide bonds. The van der Waals surface area contributed by atoms with Crippen molar-refractivity contribution < 1.29 is 22.4 Å². The zero-order valence-electron chi connectivity index (χ0n) is 15.1. The second-order valence-electron chi connectivity index (χ2n) is 6.65. The lowest BCUT2D eigenvalue weighted by molar-refractivity contribution is 0.0764. The molecular formula is C20H18ClNO5S. The molecule has 1 fully saturated rings. The minimum atomic E-state index is -3.54. The SMILES string of the molecule is COc1cccc2cc(C(=O)N3CCC(S(=O)(=O)c4ccc(Cl)cc4)C3)oc12. The van der Waals surface area contributed by atoms with Crippen molar-refractivity contribution in [3.8, 4) is 5.75 Å². The molecule has 0 radical (unpaired) electrons. The van der Waals surface area contributed by atoms with Gasteiger partial charge in [0.1, 0.15) is 0 Å². The summed E-state index contributed by atoms with van der Waals surface area (Å²) in [6.45, 7) is 0.475. The van der Waals surface area contributed by atoms with Crippen molar-refractivity contribution in [2.75, 3.05) is 20.2 Å². The number of nitrogens with zero attached hydrogens (tertiary/aromatic N) is 1. The quantitative estimate of drug-likeness (QED) is 0.643. The third-order valence-electron chi connectivity index (χ3n) is 4.95. The number of hydrogen-bond acceptors (Lipinski definition) is 5. The molecule has 0 spiro atoms. The van der Waals surface area contributed by atoms with Gasteiger partial charge in [-0.2, -0.15) is 0 Å². The minimum Gasteiger partial charge on any atom is -0.493 e. The summed E-state index contributed by atoms with van der Waals surface area (Å²) in [5.41, 5.74) is 0.498. The van der Waals surface area contributed by atoms with Gasteiger partial charge >= 0.3 is 0 Å².